The van der Waals surface area contributed by atoms with Crippen LogP contribution in [0.1, 0.15) is 56.9 Å². The second-order valence-electron chi connectivity index (χ2n) is 6.99. The van der Waals surface area contributed by atoms with Gasteiger partial charge in [0.2, 0.25) is 0 Å². The van der Waals surface area contributed by atoms with Gasteiger partial charge in [-0.15, -0.1) is 0 Å². The van der Waals surface area contributed by atoms with Crippen LogP contribution in [-0.4, -0.2) is 4.98 Å². The first-order valence-electron chi connectivity index (χ1n) is 7.68. The molecule has 1 aliphatic carbocycles. The van der Waals surface area contributed by atoms with Gasteiger partial charge >= 0.3 is 0 Å². The molecule has 3 rings (SSSR count). The predicted molar refractivity (Wildman–Crippen MR) is 86.1 cm³/mol. The van der Waals surface area contributed by atoms with Crippen molar-refractivity contribution in [2.45, 2.75) is 58.3 Å². The van der Waals surface area contributed by atoms with Gasteiger partial charge in [-0.2, -0.15) is 0 Å². The summed E-state index contributed by atoms with van der Waals surface area (Å²) in [5.41, 5.74) is 12.5. The number of hydrogen-bond acceptors (Lipinski definition) is 2. The lowest BCUT2D eigenvalue weighted by Crippen LogP contribution is -2.11. The van der Waals surface area contributed by atoms with E-state index in [1.54, 1.807) is 0 Å². The number of pyridine rings is 1. The minimum atomic E-state index is 0.146. The van der Waals surface area contributed by atoms with Gasteiger partial charge in [0.1, 0.15) is 0 Å². The monoisotopic (exact) mass is 268 g/mol. The molecule has 106 valence electrons. The average molecular weight is 268 g/mol. The number of benzene rings is 1. The average Bonchev–Trinajstić information content (AvgIpc) is 2.63. The molecule has 0 saturated carbocycles. The molecule has 0 amide bonds. The molecular weight excluding hydrogens is 244 g/mol. The van der Waals surface area contributed by atoms with Crippen molar-refractivity contribution in [3.8, 4) is 0 Å². The number of nitrogens with two attached hydrogens (primary N) is 1. The highest BCUT2D eigenvalue weighted by Gasteiger charge is 2.18. The van der Waals surface area contributed by atoms with Gasteiger partial charge in [0.05, 0.1) is 5.52 Å². The molecule has 1 aromatic heterocycles. The van der Waals surface area contributed by atoms with Crippen LogP contribution < -0.4 is 5.73 Å². The van der Waals surface area contributed by atoms with Crippen LogP contribution in [0.3, 0.4) is 0 Å². The Bertz CT molecular complexity index is 650. The van der Waals surface area contributed by atoms with E-state index in [1.165, 1.54) is 36.1 Å². The number of rotatable bonds is 0. The van der Waals surface area contributed by atoms with Crippen LogP contribution in [0.4, 0.5) is 5.69 Å². The third-order valence-electron chi connectivity index (χ3n) is 4.42. The number of nitrogen functional groups attached to an aromatic ring is 1. The maximum absolute atomic E-state index is 6.48. The zero-order valence-electron chi connectivity index (χ0n) is 12.8. The topological polar surface area (TPSA) is 38.9 Å². The fourth-order valence-corrected chi connectivity index (χ4v) is 3.10. The molecule has 2 heteroatoms. The predicted octanol–water partition coefficient (Wildman–Crippen LogP) is 4.38. The third kappa shape index (κ3) is 2.28. The van der Waals surface area contributed by atoms with E-state index in [0.29, 0.717) is 0 Å². The molecule has 0 radical (unpaired) electrons. The number of aryl methyl sites for hydroxylation is 1. The first kappa shape index (κ1) is 13.4. The summed E-state index contributed by atoms with van der Waals surface area (Å²) in [7, 11) is 0. The van der Waals surface area contributed by atoms with Crippen LogP contribution in [0.2, 0.25) is 0 Å². The Morgan fingerprint density at radius 1 is 1.05 bits per heavy atom. The Labute approximate surface area is 121 Å². The number of anilines is 1. The van der Waals surface area contributed by atoms with E-state index in [0.717, 1.165) is 29.4 Å². The molecule has 1 heterocycles. The maximum Gasteiger partial charge on any atom is 0.0726 e. The van der Waals surface area contributed by atoms with Crippen molar-refractivity contribution < 1.29 is 0 Å². The van der Waals surface area contributed by atoms with Gasteiger partial charge in [0.15, 0.2) is 0 Å². The molecule has 0 bridgehead atoms. The Morgan fingerprint density at radius 3 is 2.55 bits per heavy atom. The molecule has 2 N–H and O–H groups in total. The summed E-state index contributed by atoms with van der Waals surface area (Å²) in [5, 5.41) is 1.14. The SMILES string of the molecule is CC(C)(C)c1ccc2nc3c(c(N)c2c1)CCCCC3. The summed E-state index contributed by atoms with van der Waals surface area (Å²) in [5.74, 6) is 0. The molecule has 0 fully saturated rings. The minimum Gasteiger partial charge on any atom is -0.398 e. The summed E-state index contributed by atoms with van der Waals surface area (Å²) in [6.07, 6.45) is 5.94. The van der Waals surface area contributed by atoms with Crippen LogP contribution in [0.5, 0.6) is 0 Å². The van der Waals surface area contributed by atoms with Crippen LogP contribution in [0.25, 0.3) is 10.9 Å². The van der Waals surface area contributed by atoms with Gasteiger partial charge in [0, 0.05) is 16.8 Å². The highest BCUT2D eigenvalue weighted by Crippen LogP contribution is 2.33. The summed E-state index contributed by atoms with van der Waals surface area (Å²) in [6.45, 7) is 6.71. The lowest BCUT2D eigenvalue weighted by atomic mass is 9.86. The molecule has 20 heavy (non-hydrogen) atoms. The lowest BCUT2D eigenvalue weighted by Gasteiger charge is -2.20. The van der Waals surface area contributed by atoms with E-state index in [-0.39, 0.29) is 5.41 Å². The van der Waals surface area contributed by atoms with E-state index >= 15 is 0 Å². The summed E-state index contributed by atoms with van der Waals surface area (Å²) in [6, 6.07) is 6.57. The van der Waals surface area contributed by atoms with Crippen molar-refractivity contribution in [1.29, 1.82) is 0 Å². The van der Waals surface area contributed by atoms with E-state index in [9.17, 15) is 0 Å². The van der Waals surface area contributed by atoms with E-state index in [1.807, 2.05) is 0 Å². The molecule has 0 saturated heterocycles. The van der Waals surface area contributed by atoms with Crippen LogP contribution in [0.15, 0.2) is 18.2 Å². The highest BCUT2D eigenvalue weighted by atomic mass is 14.7. The summed E-state index contributed by atoms with van der Waals surface area (Å²) in [4.78, 5) is 4.88. The Balaban J connectivity index is 2.23. The fourth-order valence-electron chi connectivity index (χ4n) is 3.10. The van der Waals surface area contributed by atoms with E-state index in [4.69, 9.17) is 10.7 Å². The molecule has 0 unspecified atom stereocenters. The summed E-state index contributed by atoms with van der Waals surface area (Å²) < 4.78 is 0. The highest BCUT2D eigenvalue weighted by molar-refractivity contribution is 5.92. The standard InChI is InChI=1S/C18H24N2/c1-18(2,3)12-9-10-16-14(11-12)17(19)13-7-5-4-6-8-15(13)20-16/h9-11H,4-8H2,1-3H3,(H2,19,20). The van der Waals surface area contributed by atoms with Crippen LogP contribution in [0, 0.1) is 0 Å². The van der Waals surface area contributed by atoms with Crippen molar-refractivity contribution in [2.24, 2.45) is 0 Å². The smallest absolute Gasteiger partial charge is 0.0726 e. The first-order chi connectivity index (χ1) is 9.47. The Kier molecular flexibility index (Phi) is 3.19. The molecule has 0 spiro atoms. The van der Waals surface area contributed by atoms with E-state index in [2.05, 4.69) is 39.0 Å². The van der Waals surface area contributed by atoms with Gasteiger partial charge in [-0.05, 0) is 54.4 Å². The summed E-state index contributed by atoms with van der Waals surface area (Å²) >= 11 is 0. The molecular formula is C18H24N2. The van der Waals surface area contributed by atoms with Crippen molar-refractivity contribution >= 4 is 16.6 Å². The molecule has 2 aromatic rings. The zero-order chi connectivity index (χ0) is 14.3. The van der Waals surface area contributed by atoms with Gasteiger partial charge in [-0.25, -0.2) is 0 Å². The largest absolute Gasteiger partial charge is 0.398 e. The minimum absolute atomic E-state index is 0.146. The van der Waals surface area contributed by atoms with Crippen molar-refractivity contribution in [1.82, 2.24) is 4.98 Å². The van der Waals surface area contributed by atoms with Gasteiger partial charge in [0.25, 0.3) is 0 Å². The Hall–Kier alpha value is -1.57. The van der Waals surface area contributed by atoms with Crippen molar-refractivity contribution in [2.75, 3.05) is 5.73 Å². The van der Waals surface area contributed by atoms with Crippen LogP contribution in [-0.2, 0) is 18.3 Å². The first-order valence-corrected chi connectivity index (χ1v) is 7.68. The number of nitrogens with zero attached hydrogens (tertiary/aromatic N) is 1. The second-order valence-corrected chi connectivity index (χ2v) is 6.99. The second kappa shape index (κ2) is 4.76. The van der Waals surface area contributed by atoms with Crippen LogP contribution >= 0.6 is 0 Å². The van der Waals surface area contributed by atoms with Crippen molar-refractivity contribution in [3.63, 3.8) is 0 Å². The normalized spacial score (nSPS) is 15.9. The van der Waals surface area contributed by atoms with Crippen molar-refractivity contribution in [3.05, 3.63) is 35.0 Å². The number of hydrogen-bond donors (Lipinski definition) is 1. The quantitative estimate of drug-likeness (QED) is 0.720. The molecule has 2 nitrogen and oxygen atoms in total. The molecule has 1 aromatic carbocycles. The molecule has 0 atom stereocenters. The van der Waals surface area contributed by atoms with Gasteiger partial charge in [-0.1, -0.05) is 33.3 Å². The fraction of sp³-hybridized carbons (Fsp3) is 0.500. The molecule has 0 aliphatic heterocycles. The van der Waals surface area contributed by atoms with E-state index < -0.39 is 0 Å². The maximum atomic E-state index is 6.48. The zero-order valence-corrected chi connectivity index (χ0v) is 12.8. The van der Waals surface area contributed by atoms with Gasteiger partial charge < -0.3 is 5.73 Å². The molecule has 1 aliphatic rings. The lowest BCUT2D eigenvalue weighted by molar-refractivity contribution is 0.591. The van der Waals surface area contributed by atoms with Gasteiger partial charge in [-0.3, -0.25) is 4.98 Å². The number of aromatic nitrogens is 1. The third-order valence-corrected chi connectivity index (χ3v) is 4.42. The Morgan fingerprint density at radius 2 is 1.80 bits per heavy atom. The number of fused-ring (bicyclic) bond motifs is 2.